The molecule has 2 rings (SSSR count). The Kier molecular flexibility index (Phi) is 4.44. The molecule has 18 heavy (non-hydrogen) atoms. The highest BCUT2D eigenvalue weighted by Crippen LogP contribution is 2.49. The molecule has 0 aromatic heterocycles. The van der Waals surface area contributed by atoms with E-state index in [1.807, 2.05) is 6.07 Å². The number of rotatable bonds is 6. The van der Waals surface area contributed by atoms with Gasteiger partial charge in [0.2, 0.25) is 0 Å². The van der Waals surface area contributed by atoms with Gasteiger partial charge in [0.1, 0.15) is 5.82 Å². The Balaban J connectivity index is 2.10. The third-order valence-electron chi connectivity index (χ3n) is 3.98. The van der Waals surface area contributed by atoms with E-state index < -0.39 is 0 Å². The summed E-state index contributed by atoms with van der Waals surface area (Å²) in [5.41, 5.74) is 1.47. The van der Waals surface area contributed by atoms with Gasteiger partial charge in [-0.3, -0.25) is 0 Å². The number of hydrogen-bond acceptors (Lipinski definition) is 1. The normalized spacial score (nSPS) is 18.7. The zero-order valence-electron chi connectivity index (χ0n) is 11.1. The first-order valence-corrected chi connectivity index (χ1v) is 7.52. The van der Waals surface area contributed by atoms with Crippen molar-refractivity contribution in [3.8, 4) is 0 Å². The molecular weight excluding hydrogens is 293 g/mol. The second-order valence-electron chi connectivity index (χ2n) is 5.58. The zero-order valence-corrected chi connectivity index (χ0v) is 12.7. The molecule has 1 atom stereocenters. The summed E-state index contributed by atoms with van der Waals surface area (Å²) in [6, 6.07) is 5.76. The SMILES string of the molecule is CCCNC(Cc1cccc(F)c1Br)C1(C)CC1. The molecule has 1 N–H and O–H groups in total. The van der Waals surface area contributed by atoms with Crippen LogP contribution in [-0.2, 0) is 6.42 Å². The minimum absolute atomic E-state index is 0.164. The maximum atomic E-state index is 13.5. The monoisotopic (exact) mass is 313 g/mol. The molecule has 1 aliphatic carbocycles. The maximum Gasteiger partial charge on any atom is 0.137 e. The van der Waals surface area contributed by atoms with Crippen molar-refractivity contribution in [2.75, 3.05) is 6.54 Å². The quantitative estimate of drug-likeness (QED) is 0.825. The third-order valence-corrected chi connectivity index (χ3v) is 4.86. The first kappa shape index (κ1) is 14.0. The van der Waals surface area contributed by atoms with Gasteiger partial charge in [-0.05, 0) is 65.2 Å². The lowest BCUT2D eigenvalue weighted by Gasteiger charge is -2.25. The van der Waals surface area contributed by atoms with Gasteiger partial charge in [-0.15, -0.1) is 0 Å². The van der Waals surface area contributed by atoms with E-state index in [2.05, 4.69) is 35.1 Å². The minimum Gasteiger partial charge on any atom is -0.313 e. The average molecular weight is 314 g/mol. The standard InChI is InChI=1S/C15H21BrFN/c1-3-9-18-13(15(2)7-8-15)10-11-5-4-6-12(17)14(11)16/h4-6,13,18H,3,7-10H2,1-2H3. The zero-order chi connectivity index (χ0) is 13.2. The summed E-state index contributed by atoms with van der Waals surface area (Å²) in [5, 5.41) is 3.62. The number of benzene rings is 1. The maximum absolute atomic E-state index is 13.5. The van der Waals surface area contributed by atoms with Gasteiger partial charge in [-0.2, -0.15) is 0 Å². The molecule has 0 spiro atoms. The van der Waals surface area contributed by atoms with Crippen LogP contribution in [0.5, 0.6) is 0 Å². The summed E-state index contributed by atoms with van der Waals surface area (Å²) in [6.45, 7) is 5.54. The Hall–Kier alpha value is -0.410. The second-order valence-corrected chi connectivity index (χ2v) is 6.37. The van der Waals surface area contributed by atoms with E-state index in [0.29, 0.717) is 15.9 Å². The summed E-state index contributed by atoms with van der Waals surface area (Å²) in [5.74, 6) is -0.164. The summed E-state index contributed by atoms with van der Waals surface area (Å²) >= 11 is 3.36. The molecule has 0 aliphatic heterocycles. The molecule has 1 saturated carbocycles. The predicted molar refractivity (Wildman–Crippen MR) is 77.2 cm³/mol. The van der Waals surface area contributed by atoms with Crippen LogP contribution in [0.25, 0.3) is 0 Å². The van der Waals surface area contributed by atoms with Gasteiger partial charge in [-0.25, -0.2) is 4.39 Å². The average Bonchev–Trinajstić information content (AvgIpc) is 3.09. The molecule has 0 heterocycles. The molecule has 1 fully saturated rings. The number of halogens is 2. The summed E-state index contributed by atoms with van der Waals surface area (Å²) < 4.78 is 14.1. The molecular formula is C15H21BrFN. The Bertz CT molecular complexity index is 415. The summed E-state index contributed by atoms with van der Waals surface area (Å²) in [4.78, 5) is 0. The first-order valence-electron chi connectivity index (χ1n) is 6.73. The van der Waals surface area contributed by atoms with E-state index in [9.17, 15) is 4.39 Å². The van der Waals surface area contributed by atoms with Gasteiger partial charge in [0.25, 0.3) is 0 Å². The Morgan fingerprint density at radius 1 is 1.44 bits per heavy atom. The van der Waals surface area contributed by atoms with Gasteiger partial charge in [-0.1, -0.05) is 26.0 Å². The number of nitrogens with one attached hydrogen (secondary N) is 1. The van der Waals surface area contributed by atoms with Gasteiger partial charge in [0.05, 0.1) is 4.47 Å². The van der Waals surface area contributed by atoms with E-state index in [1.54, 1.807) is 6.07 Å². The predicted octanol–water partition coefficient (Wildman–Crippen LogP) is 4.30. The van der Waals surface area contributed by atoms with Crippen molar-refractivity contribution < 1.29 is 4.39 Å². The lowest BCUT2D eigenvalue weighted by molar-refractivity contribution is 0.353. The van der Waals surface area contributed by atoms with Crippen molar-refractivity contribution in [1.82, 2.24) is 5.32 Å². The molecule has 1 aromatic rings. The molecule has 1 aromatic carbocycles. The van der Waals surface area contributed by atoms with Crippen LogP contribution in [0.4, 0.5) is 4.39 Å². The molecule has 1 nitrogen and oxygen atoms in total. The minimum atomic E-state index is -0.164. The fraction of sp³-hybridized carbons (Fsp3) is 0.600. The van der Waals surface area contributed by atoms with Gasteiger partial charge < -0.3 is 5.32 Å². The molecule has 0 bridgehead atoms. The summed E-state index contributed by atoms with van der Waals surface area (Å²) in [6.07, 6.45) is 4.59. The lowest BCUT2D eigenvalue weighted by atomic mass is 9.92. The van der Waals surface area contributed by atoms with Gasteiger partial charge >= 0.3 is 0 Å². The van der Waals surface area contributed by atoms with Crippen LogP contribution in [0, 0.1) is 11.2 Å². The highest BCUT2D eigenvalue weighted by molar-refractivity contribution is 9.10. The number of hydrogen-bond donors (Lipinski definition) is 1. The smallest absolute Gasteiger partial charge is 0.137 e. The van der Waals surface area contributed by atoms with Crippen molar-refractivity contribution >= 4 is 15.9 Å². The van der Waals surface area contributed by atoms with Crippen LogP contribution in [0.2, 0.25) is 0 Å². The third kappa shape index (κ3) is 3.12. The second kappa shape index (κ2) is 5.70. The van der Waals surface area contributed by atoms with Crippen LogP contribution < -0.4 is 5.32 Å². The molecule has 1 unspecified atom stereocenters. The lowest BCUT2D eigenvalue weighted by Crippen LogP contribution is -2.38. The van der Waals surface area contributed by atoms with Crippen LogP contribution in [0.1, 0.15) is 38.7 Å². The Morgan fingerprint density at radius 2 is 2.17 bits per heavy atom. The fourth-order valence-electron chi connectivity index (χ4n) is 2.36. The van der Waals surface area contributed by atoms with Gasteiger partial charge in [0.15, 0.2) is 0 Å². The van der Waals surface area contributed by atoms with Crippen molar-refractivity contribution in [1.29, 1.82) is 0 Å². The van der Waals surface area contributed by atoms with Gasteiger partial charge in [0, 0.05) is 6.04 Å². The van der Waals surface area contributed by atoms with Crippen molar-refractivity contribution in [3.05, 3.63) is 34.1 Å². The van der Waals surface area contributed by atoms with Crippen LogP contribution in [0.3, 0.4) is 0 Å². The molecule has 1 aliphatic rings. The Labute approximate surface area is 117 Å². The van der Waals surface area contributed by atoms with Crippen molar-refractivity contribution in [2.45, 2.75) is 45.6 Å². The Morgan fingerprint density at radius 3 is 2.78 bits per heavy atom. The topological polar surface area (TPSA) is 12.0 Å². The van der Waals surface area contributed by atoms with E-state index in [4.69, 9.17) is 0 Å². The summed E-state index contributed by atoms with van der Waals surface area (Å²) in [7, 11) is 0. The van der Waals surface area contributed by atoms with Crippen LogP contribution in [0.15, 0.2) is 22.7 Å². The largest absolute Gasteiger partial charge is 0.313 e. The molecule has 0 amide bonds. The fourth-order valence-corrected chi connectivity index (χ4v) is 2.78. The molecule has 100 valence electrons. The molecule has 3 heteroatoms. The molecule has 0 saturated heterocycles. The van der Waals surface area contributed by atoms with Crippen LogP contribution >= 0.6 is 15.9 Å². The van der Waals surface area contributed by atoms with E-state index >= 15 is 0 Å². The highest BCUT2D eigenvalue weighted by Gasteiger charge is 2.44. The van der Waals surface area contributed by atoms with Crippen molar-refractivity contribution in [2.24, 2.45) is 5.41 Å². The first-order chi connectivity index (χ1) is 8.57. The highest BCUT2D eigenvalue weighted by atomic mass is 79.9. The van der Waals surface area contributed by atoms with E-state index in [0.717, 1.165) is 24.9 Å². The van der Waals surface area contributed by atoms with E-state index in [-0.39, 0.29) is 5.82 Å². The van der Waals surface area contributed by atoms with E-state index in [1.165, 1.54) is 18.9 Å². The van der Waals surface area contributed by atoms with Crippen molar-refractivity contribution in [3.63, 3.8) is 0 Å². The van der Waals surface area contributed by atoms with Crippen LogP contribution in [-0.4, -0.2) is 12.6 Å². The molecule has 0 radical (unpaired) electrons.